The Labute approximate surface area is 116 Å². The van der Waals surface area contributed by atoms with E-state index in [1.165, 1.54) is 0 Å². The van der Waals surface area contributed by atoms with E-state index in [2.05, 4.69) is 43.6 Å². The predicted molar refractivity (Wildman–Crippen MR) is 74.6 cm³/mol. The summed E-state index contributed by atoms with van der Waals surface area (Å²) in [7, 11) is 0. The number of halogens is 2. The standard InChI is InChI=1S/C11H10BrIN2O/c12-9-1-3-11(4-2-9)16-6-5-15-8-10(13)7-14-15/h1-4,7-8H,5-6H2. The van der Waals surface area contributed by atoms with E-state index in [0.29, 0.717) is 6.61 Å². The number of hydrogen-bond acceptors (Lipinski definition) is 2. The summed E-state index contributed by atoms with van der Waals surface area (Å²) in [6.07, 6.45) is 3.83. The number of nitrogens with zero attached hydrogens (tertiary/aromatic N) is 2. The Morgan fingerprint density at radius 2 is 2.06 bits per heavy atom. The Morgan fingerprint density at radius 1 is 1.31 bits per heavy atom. The second-order valence-corrected chi connectivity index (χ2v) is 5.39. The maximum Gasteiger partial charge on any atom is 0.119 e. The molecule has 0 aliphatic carbocycles. The van der Waals surface area contributed by atoms with Gasteiger partial charge in [-0.2, -0.15) is 5.10 Å². The van der Waals surface area contributed by atoms with Crippen LogP contribution in [0.1, 0.15) is 0 Å². The molecule has 0 atom stereocenters. The van der Waals surface area contributed by atoms with Gasteiger partial charge in [-0.15, -0.1) is 0 Å². The summed E-state index contributed by atoms with van der Waals surface area (Å²) < 4.78 is 9.66. The molecule has 0 aliphatic heterocycles. The van der Waals surface area contributed by atoms with Crippen molar-refractivity contribution in [3.05, 3.63) is 44.7 Å². The van der Waals surface area contributed by atoms with Crippen LogP contribution in [0.4, 0.5) is 0 Å². The number of hydrogen-bond donors (Lipinski definition) is 0. The molecule has 0 saturated heterocycles. The van der Waals surface area contributed by atoms with E-state index in [1.54, 1.807) is 0 Å². The van der Waals surface area contributed by atoms with Crippen LogP contribution in [-0.4, -0.2) is 16.4 Å². The normalized spacial score (nSPS) is 10.4. The summed E-state index contributed by atoms with van der Waals surface area (Å²) in [5.74, 6) is 0.880. The van der Waals surface area contributed by atoms with Crippen molar-refractivity contribution in [3.8, 4) is 5.75 Å². The van der Waals surface area contributed by atoms with Crippen molar-refractivity contribution in [2.24, 2.45) is 0 Å². The minimum atomic E-state index is 0.624. The fourth-order valence-corrected chi connectivity index (χ4v) is 1.96. The smallest absolute Gasteiger partial charge is 0.119 e. The minimum absolute atomic E-state index is 0.624. The predicted octanol–water partition coefficient (Wildman–Crippen LogP) is 3.33. The molecule has 0 N–H and O–H groups in total. The van der Waals surface area contributed by atoms with Crippen molar-refractivity contribution in [2.45, 2.75) is 6.54 Å². The number of rotatable bonds is 4. The van der Waals surface area contributed by atoms with Crippen LogP contribution in [-0.2, 0) is 6.54 Å². The van der Waals surface area contributed by atoms with Gasteiger partial charge in [0.25, 0.3) is 0 Å². The summed E-state index contributed by atoms with van der Waals surface area (Å²) in [5, 5.41) is 4.18. The lowest BCUT2D eigenvalue weighted by Gasteiger charge is -2.05. The van der Waals surface area contributed by atoms with E-state index in [0.717, 1.165) is 20.3 Å². The van der Waals surface area contributed by atoms with Crippen molar-refractivity contribution < 1.29 is 4.74 Å². The highest BCUT2D eigenvalue weighted by atomic mass is 127. The van der Waals surface area contributed by atoms with Gasteiger partial charge >= 0.3 is 0 Å². The third kappa shape index (κ3) is 3.48. The molecule has 1 aromatic heterocycles. The van der Waals surface area contributed by atoms with Gasteiger partial charge in [0.2, 0.25) is 0 Å². The van der Waals surface area contributed by atoms with Crippen LogP contribution < -0.4 is 4.74 Å². The molecule has 0 aliphatic rings. The maximum atomic E-state index is 5.59. The fourth-order valence-electron chi connectivity index (χ4n) is 1.25. The lowest BCUT2D eigenvalue weighted by atomic mass is 10.3. The summed E-state index contributed by atoms with van der Waals surface area (Å²) in [6, 6.07) is 7.81. The first-order valence-electron chi connectivity index (χ1n) is 4.80. The van der Waals surface area contributed by atoms with Gasteiger partial charge in [0, 0.05) is 10.7 Å². The molecular formula is C11H10BrIN2O. The van der Waals surface area contributed by atoms with Gasteiger partial charge in [0.1, 0.15) is 12.4 Å². The highest BCUT2D eigenvalue weighted by molar-refractivity contribution is 14.1. The average molecular weight is 393 g/mol. The first-order chi connectivity index (χ1) is 7.74. The topological polar surface area (TPSA) is 27.1 Å². The first-order valence-corrected chi connectivity index (χ1v) is 6.67. The molecule has 1 heterocycles. The van der Waals surface area contributed by atoms with Crippen molar-refractivity contribution in [1.82, 2.24) is 9.78 Å². The van der Waals surface area contributed by atoms with Gasteiger partial charge in [-0.3, -0.25) is 4.68 Å². The average Bonchev–Trinajstić information content (AvgIpc) is 2.67. The quantitative estimate of drug-likeness (QED) is 0.746. The third-order valence-corrected chi connectivity index (χ3v) is 3.09. The first kappa shape index (κ1) is 11.9. The van der Waals surface area contributed by atoms with E-state index in [-0.39, 0.29) is 0 Å². The number of ether oxygens (including phenoxy) is 1. The summed E-state index contributed by atoms with van der Waals surface area (Å²) >= 11 is 5.62. The van der Waals surface area contributed by atoms with Gasteiger partial charge in [-0.25, -0.2) is 0 Å². The molecule has 1 aromatic carbocycles. The van der Waals surface area contributed by atoms with Crippen LogP contribution in [0, 0.1) is 3.57 Å². The Kier molecular flexibility index (Phi) is 4.22. The van der Waals surface area contributed by atoms with E-state index in [1.807, 2.05) is 41.3 Å². The van der Waals surface area contributed by atoms with Gasteiger partial charge in [-0.1, -0.05) is 15.9 Å². The molecule has 2 rings (SSSR count). The van der Waals surface area contributed by atoms with Crippen molar-refractivity contribution in [3.63, 3.8) is 0 Å². The van der Waals surface area contributed by atoms with Crippen LogP contribution in [0.2, 0.25) is 0 Å². The molecule has 16 heavy (non-hydrogen) atoms. The molecule has 84 valence electrons. The van der Waals surface area contributed by atoms with E-state index < -0.39 is 0 Å². The van der Waals surface area contributed by atoms with Crippen LogP contribution >= 0.6 is 38.5 Å². The van der Waals surface area contributed by atoms with Crippen LogP contribution in [0.5, 0.6) is 5.75 Å². The van der Waals surface area contributed by atoms with Crippen LogP contribution in [0.25, 0.3) is 0 Å². The SMILES string of the molecule is Brc1ccc(OCCn2cc(I)cn2)cc1. The molecule has 0 fully saturated rings. The van der Waals surface area contributed by atoms with Crippen LogP contribution in [0.15, 0.2) is 41.1 Å². The summed E-state index contributed by atoms with van der Waals surface area (Å²) in [4.78, 5) is 0. The highest BCUT2D eigenvalue weighted by Crippen LogP contribution is 2.15. The van der Waals surface area contributed by atoms with Gasteiger partial charge in [-0.05, 0) is 46.9 Å². The van der Waals surface area contributed by atoms with Crippen molar-refractivity contribution in [1.29, 1.82) is 0 Å². The van der Waals surface area contributed by atoms with E-state index >= 15 is 0 Å². The molecule has 5 heteroatoms. The lowest BCUT2D eigenvalue weighted by molar-refractivity contribution is 0.291. The molecule has 3 nitrogen and oxygen atoms in total. The molecule has 2 aromatic rings. The van der Waals surface area contributed by atoms with Crippen LogP contribution in [0.3, 0.4) is 0 Å². The molecular weight excluding hydrogens is 383 g/mol. The molecule has 0 unspecified atom stereocenters. The Morgan fingerprint density at radius 3 is 2.69 bits per heavy atom. The minimum Gasteiger partial charge on any atom is -0.492 e. The Bertz CT molecular complexity index is 455. The second kappa shape index (κ2) is 5.67. The van der Waals surface area contributed by atoms with Gasteiger partial charge in [0.15, 0.2) is 0 Å². The maximum absolute atomic E-state index is 5.59. The van der Waals surface area contributed by atoms with Crippen molar-refractivity contribution >= 4 is 38.5 Å². The van der Waals surface area contributed by atoms with Crippen molar-refractivity contribution in [2.75, 3.05) is 6.61 Å². The Hall–Kier alpha value is -0.560. The highest BCUT2D eigenvalue weighted by Gasteiger charge is 1.96. The van der Waals surface area contributed by atoms with E-state index in [4.69, 9.17) is 4.74 Å². The molecule has 0 spiro atoms. The van der Waals surface area contributed by atoms with Gasteiger partial charge < -0.3 is 4.74 Å². The zero-order chi connectivity index (χ0) is 11.4. The largest absolute Gasteiger partial charge is 0.492 e. The number of aromatic nitrogens is 2. The number of benzene rings is 1. The third-order valence-electron chi connectivity index (χ3n) is 2.00. The zero-order valence-corrected chi connectivity index (χ0v) is 12.2. The summed E-state index contributed by atoms with van der Waals surface area (Å²) in [5.41, 5.74) is 0. The summed E-state index contributed by atoms with van der Waals surface area (Å²) in [6.45, 7) is 1.39. The molecule has 0 bridgehead atoms. The van der Waals surface area contributed by atoms with Gasteiger partial charge in [0.05, 0.1) is 16.3 Å². The Balaban J connectivity index is 1.82. The molecule has 0 radical (unpaired) electrons. The lowest BCUT2D eigenvalue weighted by Crippen LogP contribution is -2.08. The molecule has 0 amide bonds. The monoisotopic (exact) mass is 392 g/mol. The van der Waals surface area contributed by atoms with E-state index in [9.17, 15) is 0 Å². The second-order valence-electron chi connectivity index (χ2n) is 3.22. The molecule has 0 saturated carbocycles. The fraction of sp³-hybridized carbons (Fsp3) is 0.182. The zero-order valence-electron chi connectivity index (χ0n) is 8.44.